The summed E-state index contributed by atoms with van der Waals surface area (Å²) in [6.45, 7) is 4.01. The first-order valence-electron chi connectivity index (χ1n) is 8.29. The first-order valence-corrected chi connectivity index (χ1v) is 8.29. The van der Waals surface area contributed by atoms with Gasteiger partial charge in [-0.2, -0.15) is 4.98 Å². The van der Waals surface area contributed by atoms with Crippen LogP contribution in [0.4, 0.5) is 0 Å². The van der Waals surface area contributed by atoms with E-state index >= 15 is 0 Å². The lowest BCUT2D eigenvalue weighted by atomic mass is 10.3. The van der Waals surface area contributed by atoms with Gasteiger partial charge in [0.15, 0.2) is 11.2 Å². The van der Waals surface area contributed by atoms with Gasteiger partial charge in [0.2, 0.25) is 0 Å². The monoisotopic (exact) mass is 380 g/mol. The Kier molecular flexibility index (Phi) is 4.11. The van der Waals surface area contributed by atoms with Crippen molar-refractivity contribution in [2.24, 2.45) is 14.1 Å². The third-order valence-corrected chi connectivity index (χ3v) is 4.28. The van der Waals surface area contributed by atoms with E-state index in [4.69, 9.17) is 4.74 Å². The van der Waals surface area contributed by atoms with Crippen molar-refractivity contribution in [1.82, 2.24) is 38.9 Å². The van der Waals surface area contributed by atoms with E-state index in [1.54, 1.807) is 42.0 Å². The minimum atomic E-state index is -0.460. The second kappa shape index (κ2) is 6.61. The molecule has 0 aliphatic carbocycles. The van der Waals surface area contributed by atoms with Crippen molar-refractivity contribution in [3.8, 4) is 17.4 Å². The highest BCUT2D eigenvalue weighted by molar-refractivity contribution is 5.72. The number of rotatable bonds is 5. The molecule has 0 N–H and O–H groups in total. The molecule has 0 unspecified atom stereocenters. The lowest BCUT2D eigenvalue weighted by Gasteiger charge is -2.08. The van der Waals surface area contributed by atoms with Crippen LogP contribution in [0.25, 0.3) is 16.9 Å². The van der Waals surface area contributed by atoms with Gasteiger partial charge in [-0.05, 0) is 34.7 Å². The summed E-state index contributed by atoms with van der Waals surface area (Å²) in [4.78, 5) is 29.2. The topological polar surface area (TPSA) is 115 Å². The summed E-state index contributed by atoms with van der Waals surface area (Å²) in [5.41, 5.74) is 0.364. The molecule has 0 amide bonds. The summed E-state index contributed by atoms with van der Waals surface area (Å²) in [6, 6.07) is 7.20. The van der Waals surface area contributed by atoms with E-state index in [0.717, 1.165) is 10.3 Å². The maximum atomic E-state index is 12.6. The van der Waals surface area contributed by atoms with E-state index in [9.17, 15) is 9.59 Å². The molecule has 11 heteroatoms. The van der Waals surface area contributed by atoms with E-state index in [0.29, 0.717) is 12.3 Å². The predicted molar refractivity (Wildman–Crippen MR) is 99.6 cm³/mol. The van der Waals surface area contributed by atoms with Crippen LogP contribution in [0.3, 0.4) is 0 Å². The summed E-state index contributed by atoms with van der Waals surface area (Å²) in [5, 5.41) is 11.0. The van der Waals surface area contributed by atoms with E-state index in [-0.39, 0.29) is 17.2 Å². The third-order valence-electron chi connectivity index (χ3n) is 4.28. The van der Waals surface area contributed by atoms with Crippen molar-refractivity contribution in [3.05, 3.63) is 64.1 Å². The van der Waals surface area contributed by atoms with Crippen LogP contribution >= 0.6 is 0 Å². The number of nitrogens with zero attached hydrogens (tertiary/aromatic N) is 8. The number of benzene rings is 1. The van der Waals surface area contributed by atoms with Crippen LogP contribution in [0, 0.1) is 0 Å². The molecule has 3 heterocycles. The minimum Gasteiger partial charge on any atom is -0.425 e. The summed E-state index contributed by atoms with van der Waals surface area (Å²) < 4.78 is 11.3. The number of hydrogen-bond donors (Lipinski definition) is 0. The highest BCUT2D eigenvalue weighted by Gasteiger charge is 2.19. The van der Waals surface area contributed by atoms with Gasteiger partial charge in [0, 0.05) is 20.6 Å². The van der Waals surface area contributed by atoms with E-state index in [1.165, 1.54) is 22.6 Å². The van der Waals surface area contributed by atoms with E-state index < -0.39 is 11.2 Å². The van der Waals surface area contributed by atoms with Gasteiger partial charge in [-0.25, -0.2) is 9.48 Å². The molecular formula is C17H16N8O3. The SMILES string of the molecule is C=CCn1c(Oc2ccc(-n3cnnn3)cc2)nc2c1c(=O)n(C)c(=O)n2C. The van der Waals surface area contributed by atoms with Crippen molar-refractivity contribution in [3.63, 3.8) is 0 Å². The smallest absolute Gasteiger partial charge is 0.332 e. The van der Waals surface area contributed by atoms with Crippen molar-refractivity contribution < 1.29 is 4.74 Å². The summed E-state index contributed by atoms with van der Waals surface area (Å²) >= 11 is 0. The lowest BCUT2D eigenvalue weighted by molar-refractivity contribution is 0.422. The van der Waals surface area contributed by atoms with Gasteiger partial charge in [-0.3, -0.25) is 18.5 Å². The molecular weight excluding hydrogens is 364 g/mol. The quantitative estimate of drug-likeness (QED) is 0.460. The number of aromatic nitrogens is 8. The molecule has 0 spiro atoms. The molecule has 0 saturated carbocycles. The molecule has 3 aromatic heterocycles. The molecule has 0 atom stereocenters. The Bertz CT molecular complexity index is 1280. The van der Waals surface area contributed by atoms with Crippen LogP contribution in [0.5, 0.6) is 11.8 Å². The molecule has 0 saturated heterocycles. The second-order valence-electron chi connectivity index (χ2n) is 6.02. The molecule has 0 aliphatic rings. The van der Waals surface area contributed by atoms with Crippen LogP contribution in [-0.4, -0.2) is 38.9 Å². The number of aryl methyl sites for hydroxylation is 1. The Morgan fingerprint density at radius 1 is 1.14 bits per heavy atom. The van der Waals surface area contributed by atoms with Gasteiger partial charge >= 0.3 is 11.7 Å². The largest absolute Gasteiger partial charge is 0.425 e. The van der Waals surface area contributed by atoms with Crippen LogP contribution in [0.15, 0.2) is 52.8 Å². The van der Waals surface area contributed by atoms with Gasteiger partial charge in [0.05, 0.1) is 5.69 Å². The van der Waals surface area contributed by atoms with Crippen LogP contribution in [-0.2, 0) is 20.6 Å². The van der Waals surface area contributed by atoms with Crippen molar-refractivity contribution in [2.45, 2.75) is 6.54 Å². The average Bonchev–Trinajstić information content (AvgIpc) is 3.35. The standard InChI is InChI=1S/C17H16N8O3/c1-4-9-24-13-14(22(2)17(27)23(3)15(13)26)19-16(24)28-12-7-5-11(6-8-12)25-10-18-20-21-25/h4-8,10H,1,9H2,2-3H3. The zero-order valence-electron chi connectivity index (χ0n) is 15.2. The molecule has 0 radical (unpaired) electrons. The zero-order valence-corrected chi connectivity index (χ0v) is 15.2. The number of fused-ring (bicyclic) bond motifs is 1. The van der Waals surface area contributed by atoms with Crippen LogP contribution in [0.2, 0.25) is 0 Å². The lowest BCUT2D eigenvalue weighted by Crippen LogP contribution is -2.37. The summed E-state index contributed by atoms with van der Waals surface area (Å²) in [5.74, 6) is 0.499. The highest BCUT2D eigenvalue weighted by atomic mass is 16.5. The van der Waals surface area contributed by atoms with Gasteiger partial charge in [-0.15, -0.1) is 11.7 Å². The molecule has 4 aromatic rings. The molecule has 0 fully saturated rings. The van der Waals surface area contributed by atoms with Gasteiger partial charge < -0.3 is 4.74 Å². The fourth-order valence-electron chi connectivity index (χ4n) is 2.85. The Hall–Kier alpha value is -4.02. The Morgan fingerprint density at radius 2 is 1.89 bits per heavy atom. The Morgan fingerprint density at radius 3 is 2.54 bits per heavy atom. The Labute approximate surface area is 157 Å². The normalized spacial score (nSPS) is 11.1. The molecule has 0 bridgehead atoms. The average molecular weight is 380 g/mol. The fraction of sp³-hybridized carbons (Fsp3) is 0.176. The molecule has 0 aliphatic heterocycles. The number of tetrazole rings is 1. The maximum absolute atomic E-state index is 12.6. The predicted octanol–water partition coefficient (Wildman–Crippen LogP) is 0.388. The molecule has 4 rings (SSSR count). The number of hydrogen-bond acceptors (Lipinski definition) is 7. The third kappa shape index (κ3) is 2.69. The van der Waals surface area contributed by atoms with Gasteiger partial charge in [-0.1, -0.05) is 6.08 Å². The number of imidazole rings is 1. The second-order valence-corrected chi connectivity index (χ2v) is 6.02. The zero-order chi connectivity index (χ0) is 19.8. The van der Waals surface area contributed by atoms with Crippen molar-refractivity contribution >= 4 is 11.2 Å². The van der Waals surface area contributed by atoms with E-state index in [2.05, 4.69) is 27.1 Å². The summed E-state index contributed by atoms with van der Waals surface area (Å²) in [7, 11) is 2.98. The van der Waals surface area contributed by atoms with Crippen LogP contribution in [0.1, 0.15) is 0 Å². The van der Waals surface area contributed by atoms with Gasteiger partial charge in [0.25, 0.3) is 5.56 Å². The van der Waals surface area contributed by atoms with Crippen LogP contribution < -0.4 is 16.0 Å². The molecule has 1 aromatic carbocycles. The molecule has 11 nitrogen and oxygen atoms in total. The van der Waals surface area contributed by atoms with Crippen molar-refractivity contribution in [1.29, 1.82) is 0 Å². The molecule has 28 heavy (non-hydrogen) atoms. The number of allylic oxidation sites excluding steroid dienone is 1. The molecule has 142 valence electrons. The minimum absolute atomic E-state index is 0.184. The first-order chi connectivity index (χ1) is 13.5. The first kappa shape index (κ1) is 17.4. The fourth-order valence-corrected chi connectivity index (χ4v) is 2.85. The van der Waals surface area contributed by atoms with Crippen molar-refractivity contribution in [2.75, 3.05) is 0 Å². The Balaban J connectivity index is 1.80. The summed E-state index contributed by atoms with van der Waals surface area (Å²) in [6.07, 6.45) is 3.11. The number of ether oxygens (including phenoxy) is 1. The maximum Gasteiger partial charge on any atom is 0.332 e. The van der Waals surface area contributed by atoms with Gasteiger partial charge in [0.1, 0.15) is 12.1 Å². The highest BCUT2D eigenvalue weighted by Crippen LogP contribution is 2.24. The van der Waals surface area contributed by atoms with E-state index in [1.807, 2.05) is 0 Å².